The zero-order chi connectivity index (χ0) is 17.1. The van der Waals surface area contributed by atoms with Crippen molar-refractivity contribution in [2.75, 3.05) is 0 Å². The predicted octanol–water partition coefficient (Wildman–Crippen LogP) is 5.58. The molecule has 25 heavy (non-hydrogen) atoms. The van der Waals surface area contributed by atoms with Gasteiger partial charge in [0.1, 0.15) is 5.82 Å². The lowest BCUT2D eigenvalue weighted by Crippen LogP contribution is -2.13. The molecule has 122 valence electrons. The third-order valence-corrected chi connectivity index (χ3v) is 4.67. The molecule has 0 unspecified atom stereocenters. The van der Waals surface area contributed by atoms with Crippen molar-refractivity contribution in [2.45, 2.75) is 0 Å². The number of benzene rings is 3. The van der Waals surface area contributed by atoms with E-state index in [1.54, 1.807) is 23.5 Å². The van der Waals surface area contributed by atoms with E-state index in [0.717, 1.165) is 27.4 Å². The molecule has 3 aromatic carbocycles. The van der Waals surface area contributed by atoms with Crippen molar-refractivity contribution in [2.24, 2.45) is 4.99 Å². The fourth-order valence-corrected chi connectivity index (χ4v) is 3.58. The lowest BCUT2D eigenvalue weighted by Gasteiger charge is -2.09. The number of halogens is 1. The molecule has 0 saturated heterocycles. The van der Waals surface area contributed by atoms with Crippen molar-refractivity contribution < 1.29 is 4.39 Å². The number of hydrogen-bond donors (Lipinski definition) is 0. The average Bonchev–Trinajstić information content (AvgIpc) is 3.08. The molecule has 0 N–H and O–H groups in total. The average molecular weight is 346 g/mol. The minimum absolute atomic E-state index is 0.258. The number of nitrogens with zero attached hydrogens (tertiary/aromatic N) is 2. The number of hydrogen-bond acceptors (Lipinski definition) is 2. The largest absolute Gasteiger partial charge is 0.285 e. The summed E-state index contributed by atoms with van der Waals surface area (Å²) in [6, 6.07) is 26.6. The SMILES string of the molecule is Fc1ccc(N=c2scc(-c3ccccc3)n2-c2ccccc2)cc1. The maximum absolute atomic E-state index is 13.2. The van der Waals surface area contributed by atoms with Gasteiger partial charge in [0, 0.05) is 11.1 Å². The maximum Gasteiger partial charge on any atom is 0.195 e. The van der Waals surface area contributed by atoms with Crippen LogP contribution in [0.4, 0.5) is 10.1 Å². The number of thiazole rings is 1. The molecule has 0 aliphatic heterocycles. The van der Waals surface area contributed by atoms with Crippen LogP contribution in [-0.4, -0.2) is 4.57 Å². The molecule has 0 spiro atoms. The summed E-state index contributed by atoms with van der Waals surface area (Å²) in [4.78, 5) is 5.56. The van der Waals surface area contributed by atoms with Gasteiger partial charge in [-0.25, -0.2) is 9.38 Å². The lowest BCUT2D eigenvalue weighted by molar-refractivity contribution is 0.628. The fourth-order valence-electron chi connectivity index (χ4n) is 2.65. The molecule has 0 radical (unpaired) electrons. The van der Waals surface area contributed by atoms with Gasteiger partial charge in [0.2, 0.25) is 0 Å². The van der Waals surface area contributed by atoms with Crippen molar-refractivity contribution in [1.82, 2.24) is 4.57 Å². The molecule has 4 rings (SSSR count). The van der Waals surface area contributed by atoms with Crippen LogP contribution >= 0.6 is 11.3 Å². The van der Waals surface area contributed by atoms with Gasteiger partial charge in [-0.2, -0.15) is 0 Å². The Morgan fingerprint density at radius 3 is 2.08 bits per heavy atom. The normalized spacial score (nSPS) is 11.6. The first-order chi connectivity index (χ1) is 12.3. The van der Waals surface area contributed by atoms with Crippen molar-refractivity contribution in [3.63, 3.8) is 0 Å². The highest BCUT2D eigenvalue weighted by molar-refractivity contribution is 7.07. The molecule has 4 heteroatoms. The standard InChI is InChI=1S/C21H15FN2S/c22-17-11-13-18(14-12-17)23-21-24(19-9-5-2-6-10-19)20(15-25-21)16-7-3-1-4-8-16/h1-15H. The molecule has 0 atom stereocenters. The second-order valence-corrected chi connectivity index (χ2v) is 6.37. The zero-order valence-corrected chi connectivity index (χ0v) is 14.2. The molecule has 4 aromatic rings. The molecule has 0 saturated carbocycles. The van der Waals surface area contributed by atoms with Crippen LogP contribution in [0.3, 0.4) is 0 Å². The van der Waals surface area contributed by atoms with Crippen LogP contribution < -0.4 is 4.80 Å². The molecule has 0 fully saturated rings. The Balaban J connectivity index is 1.94. The Kier molecular flexibility index (Phi) is 4.27. The van der Waals surface area contributed by atoms with Crippen LogP contribution in [0.2, 0.25) is 0 Å². The topological polar surface area (TPSA) is 17.3 Å². The molecule has 2 nitrogen and oxygen atoms in total. The summed E-state index contributed by atoms with van der Waals surface area (Å²) < 4.78 is 15.3. The summed E-state index contributed by atoms with van der Waals surface area (Å²) >= 11 is 1.57. The molecular formula is C21H15FN2S. The van der Waals surface area contributed by atoms with Gasteiger partial charge in [-0.15, -0.1) is 11.3 Å². The van der Waals surface area contributed by atoms with Gasteiger partial charge in [-0.1, -0.05) is 48.5 Å². The van der Waals surface area contributed by atoms with Gasteiger partial charge in [0.15, 0.2) is 4.80 Å². The molecule has 1 aromatic heterocycles. The smallest absolute Gasteiger partial charge is 0.195 e. The van der Waals surface area contributed by atoms with E-state index in [2.05, 4.69) is 34.2 Å². The summed E-state index contributed by atoms with van der Waals surface area (Å²) in [5.41, 5.74) is 3.98. The molecule has 0 amide bonds. The summed E-state index contributed by atoms with van der Waals surface area (Å²) in [6.07, 6.45) is 0. The Hall–Kier alpha value is -2.98. The van der Waals surface area contributed by atoms with Crippen LogP contribution in [0.25, 0.3) is 16.9 Å². The highest BCUT2D eigenvalue weighted by Gasteiger charge is 2.09. The minimum Gasteiger partial charge on any atom is -0.285 e. The minimum atomic E-state index is -0.258. The third kappa shape index (κ3) is 3.30. The maximum atomic E-state index is 13.2. The third-order valence-electron chi connectivity index (χ3n) is 3.84. The Bertz CT molecular complexity index is 1030. The second-order valence-electron chi connectivity index (χ2n) is 5.53. The van der Waals surface area contributed by atoms with Gasteiger partial charge in [0.25, 0.3) is 0 Å². The van der Waals surface area contributed by atoms with Crippen LogP contribution in [0.15, 0.2) is 95.3 Å². The number of aromatic nitrogens is 1. The highest BCUT2D eigenvalue weighted by Crippen LogP contribution is 2.24. The molecular weight excluding hydrogens is 331 g/mol. The Labute approximate surface area is 149 Å². The number of rotatable bonds is 3. The first-order valence-corrected chi connectivity index (χ1v) is 8.81. The first-order valence-electron chi connectivity index (χ1n) is 7.93. The van der Waals surface area contributed by atoms with E-state index in [-0.39, 0.29) is 5.82 Å². The molecule has 0 aliphatic rings. The quantitative estimate of drug-likeness (QED) is 0.461. The fraction of sp³-hybridized carbons (Fsp3) is 0. The van der Waals surface area contributed by atoms with Gasteiger partial charge in [-0.3, -0.25) is 4.57 Å². The van der Waals surface area contributed by atoms with E-state index in [0.29, 0.717) is 0 Å². The Morgan fingerprint density at radius 1 is 0.760 bits per heavy atom. The van der Waals surface area contributed by atoms with Gasteiger partial charge >= 0.3 is 0 Å². The van der Waals surface area contributed by atoms with Crippen LogP contribution in [0.1, 0.15) is 0 Å². The number of para-hydroxylation sites is 1. The van der Waals surface area contributed by atoms with Gasteiger partial charge in [0.05, 0.1) is 11.4 Å². The van der Waals surface area contributed by atoms with Crippen molar-refractivity contribution in [1.29, 1.82) is 0 Å². The van der Waals surface area contributed by atoms with Crippen molar-refractivity contribution in [3.8, 4) is 16.9 Å². The molecule has 0 aliphatic carbocycles. The van der Waals surface area contributed by atoms with E-state index in [1.807, 2.05) is 36.4 Å². The summed E-state index contributed by atoms with van der Waals surface area (Å²) in [5, 5.41) is 2.10. The van der Waals surface area contributed by atoms with Gasteiger partial charge in [-0.05, 0) is 42.0 Å². The summed E-state index contributed by atoms with van der Waals surface area (Å²) in [7, 11) is 0. The lowest BCUT2D eigenvalue weighted by atomic mass is 10.1. The molecule has 1 heterocycles. The van der Waals surface area contributed by atoms with E-state index in [4.69, 9.17) is 4.99 Å². The van der Waals surface area contributed by atoms with Crippen LogP contribution in [0, 0.1) is 5.82 Å². The Morgan fingerprint density at radius 2 is 1.40 bits per heavy atom. The zero-order valence-electron chi connectivity index (χ0n) is 13.3. The summed E-state index contributed by atoms with van der Waals surface area (Å²) in [5.74, 6) is -0.258. The molecule has 0 bridgehead atoms. The van der Waals surface area contributed by atoms with E-state index >= 15 is 0 Å². The second kappa shape index (κ2) is 6.87. The van der Waals surface area contributed by atoms with Crippen LogP contribution in [-0.2, 0) is 0 Å². The van der Waals surface area contributed by atoms with Crippen molar-refractivity contribution in [3.05, 3.63) is 101 Å². The summed E-state index contributed by atoms with van der Waals surface area (Å²) in [6.45, 7) is 0. The van der Waals surface area contributed by atoms with Crippen molar-refractivity contribution >= 4 is 17.0 Å². The first kappa shape index (κ1) is 15.5. The van der Waals surface area contributed by atoms with E-state index < -0.39 is 0 Å². The monoisotopic (exact) mass is 346 g/mol. The van der Waals surface area contributed by atoms with Gasteiger partial charge < -0.3 is 0 Å². The predicted molar refractivity (Wildman–Crippen MR) is 101 cm³/mol. The van der Waals surface area contributed by atoms with E-state index in [9.17, 15) is 4.39 Å². The van der Waals surface area contributed by atoms with Crippen LogP contribution in [0.5, 0.6) is 0 Å². The van der Waals surface area contributed by atoms with E-state index in [1.165, 1.54) is 12.1 Å². The highest BCUT2D eigenvalue weighted by atomic mass is 32.1.